The van der Waals surface area contributed by atoms with E-state index >= 15 is 0 Å². The van der Waals surface area contributed by atoms with Gasteiger partial charge in [-0.3, -0.25) is 0 Å². The summed E-state index contributed by atoms with van der Waals surface area (Å²) in [5.74, 6) is 0. The number of hydrogen-bond donors (Lipinski definition) is 3. The third-order valence-corrected chi connectivity index (χ3v) is 3.52. The van der Waals surface area contributed by atoms with E-state index in [4.69, 9.17) is 10.2 Å². The summed E-state index contributed by atoms with van der Waals surface area (Å²) in [5.41, 5.74) is 1.04. The Morgan fingerprint density at radius 1 is 1.38 bits per heavy atom. The fourth-order valence-electron chi connectivity index (χ4n) is 1.17. The molecule has 0 unspecified atom stereocenters. The summed E-state index contributed by atoms with van der Waals surface area (Å²) in [6.07, 6.45) is 0. The van der Waals surface area contributed by atoms with E-state index in [1.807, 2.05) is 5.38 Å². The standard InChI is InChI=1S/C11H20N2O2S/c1-11(2,3)10-13-8(7-16-10)4-12-9(5-14)6-15/h7,9,12,14-15H,4-6H2,1-3H3. The summed E-state index contributed by atoms with van der Waals surface area (Å²) in [5, 5.41) is 24.0. The number of nitrogens with zero attached hydrogens (tertiary/aromatic N) is 1. The Labute approximate surface area is 100 Å². The van der Waals surface area contributed by atoms with E-state index in [2.05, 4.69) is 31.1 Å². The molecule has 1 rings (SSSR count). The van der Waals surface area contributed by atoms with Gasteiger partial charge in [0.05, 0.1) is 30.0 Å². The zero-order chi connectivity index (χ0) is 12.2. The molecule has 0 bridgehead atoms. The summed E-state index contributed by atoms with van der Waals surface area (Å²) >= 11 is 1.65. The zero-order valence-corrected chi connectivity index (χ0v) is 10.8. The van der Waals surface area contributed by atoms with Crippen LogP contribution >= 0.6 is 11.3 Å². The van der Waals surface area contributed by atoms with Gasteiger partial charge in [0.1, 0.15) is 0 Å². The lowest BCUT2D eigenvalue weighted by atomic mass is 9.98. The Hall–Kier alpha value is -0.490. The molecule has 0 spiro atoms. The van der Waals surface area contributed by atoms with Crippen LogP contribution in [0.3, 0.4) is 0 Å². The van der Waals surface area contributed by atoms with Gasteiger partial charge in [0.2, 0.25) is 0 Å². The molecule has 5 heteroatoms. The maximum absolute atomic E-state index is 8.90. The first kappa shape index (κ1) is 13.6. The molecule has 0 saturated heterocycles. The van der Waals surface area contributed by atoms with Crippen molar-refractivity contribution in [1.82, 2.24) is 10.3 Å². The first-order chi connectivity index (χ1) is 7.47. The molecular weight excluding hydrogens is 224 g/mol. The van der Waals surface area contributed by atoms with Crippen molar-refractivity contribution in [3.63, 3.8) is 0 Å². The quantitative estimate of drug-likeness (QED) is 0.719. The van der Waals surface area contributed by atoms with E-state index in [1.54, 1.807) is 11.3 Å². The number of aliphatic hydroxyl groups excluding tert-OH is 2. The maximum atomic E-state index is 8.90. The highest BCUT2D eigenvalue weighted by Gasteiger charge is 2.18. The van der Waals surface area contributed by atoms with Crippen LogP contribution in [0, 0.1) is 0 Å². The molecule has 4 nitrogen and oxygen atoms in total. The van der Waals surface area contributed by atoms with Gasteiger partial charge in [-0.15, -0.1) is 11.3 Å². The van der Waals surface area contributed by atoms with E-state index in [0.717, 1.165) is 10.7 Å². The predicted molar refractivity (Wildman–Crippen MR) is 65.6 cm³/mol. The van der Waals surface area contributed by atoms with Crippen LogP contribution in [0.5, 0.6) is 0 Å². The molecule has 0 atom stereocenters. The topological polar surface area (TPSA) is 65.4 Å². The molecule has 1 aromatic heterocycles. The summed E-state index contributed by atoms with van der Waals surface area (Å²) in [6.45, 7) is 6.85. The summed E-state index contributed by atoms with van der Waals surface area (Å²) in [4.78, 5) is 4.51. The van der Waals surface area contributed by atoms with Crippen LogP contribution in [-0.2, 0) is 12.0 Å². The highest BCUT2D eigenvalue weighted by Crippen LogP contribution is 2.25. The van der Waals surface area contributed by atoms with Gasteiger partial charge in [0.15, 0.2) is 0 Å². The number of thiazole rings is 1. The smallest absolute Gasteiger partial charge is 0.0982 e. The van der Waals surface area contributed by atoms with Crippen molar-refractivity contribution in [2.75, 3.05) is 13.2 Å². The fraction of sp³-hybridized carbons (Fsp3) is 0.727. The molecule has 16 heavy (non-hydrogen) atoms. The zero-order valence-electron chi connectivity index (χ0n) is 10.0. The molecule has 0 aliphatic rings. The Bertz CT molecular complexity index is 316. The average Bonchev–Trinajstić information content (AvgIpc) is 2.67. The highest BCUT2D eigenvalue weighted by atomic mass is 32.1. The number of hydrogen-bond acceptors (Lipinski definition) is 5. The Morgan fingerprint density at radius 2 is 2.00 bits per heavy atom. The van der Waals surface area contributed by atoms with Crippen molar-refractivity contribution in [2.24, 2.45) is 0 Å². The van der Waals surface area contributed by atoms with Crippen molar-refractivity contribution in [2.45, 2.75) is 38.8 Å². The van der Waals surface area contributed by atoms with Crippen molar-refractivity contribution in [1.29, 1.82) is 0 Å². The second kappa shape index (κ2) is 5.72. The molecular formula is C11H20N2O2S. The van der Waals surface area contributed by atoms with Gasteiger partial charge < -0.3 is 15.5 Å². The number of aromatic nitrogens is 1. The van der Waals surface area contributed by atoms with Gasteiger partial charge in [0.25, 0.3) is 0 Å². The SMILES string of the molecule is CC(C)(C)c1nc(CNC(CO)CO)cs1. The van der Waals surface area contributed by atoms with Crippen molar-refractivity contribution >= 4 is 11.3 Å². The van der Waals surface area contributed by atoms with E-state index in [1.165, 1.54) is 0 Å². The van der Waals surface area contributed by atoms with Gasteiger partial charge >= 0.3 is 0 Å². The number of aliphatic hydroxyl groups is 2. The molecule has 0 radical (unpaired) electrons. The van der Waals surface area contributed by atoms with E-state index in [0.29, 0.717) is 6.54 Å². The van der Waals surface area contributed by atoms with Gasteiger partial charge in [-0.25, -0.2) is 4.98 Å². The summed E-state index contributed by atoms with van der Waals surface area (Å²) in [7, 11) is 0. The minimum absolute atomic E-state index is 0.0627. The molecule has 0 fully saturated rings. The van der Waals surface area contributed by atoms with Crippen LogP contribution in [-0.4, -0.2) is 34.5 Å². The Balaban J connectivity index is 2.53. The minimum atomic E-state index is -0.264. The first-order valence-corrected chi connectivity index (χ1v) is 6.25. The lowest BCUT2D eigenvalue weighted by Gasteiger charge is -2.14. The van der Waals surface area contributed by atoms with Gasteiger partial charge in [-0.2, -0.15) is 0 Å². The van der Waals surface area contributed by atoms with Crippen LogP contribution in [0.25, 0.3) is 0 Å². The molecule has 92 valence electrons. The third kappa shape index (κ3) is 3.83. The molecule has 1 heterocycles. The Kier molecular flexibility index (Phi) is 4.86. The largest absolute Gasteiger partial charge is 0.395 e. The van der Waals surface area contributed by atoms with Gasteiger partial charge in [-0.05, 0) is 0 Å². The third-order valence-electron chi connectivity index (χ3n) is 2.21. The molecule has 1 aromatic rings. The van der Waals surface area contributed by atoms with Gasteiger partial charge in [-0.1, -0.05) is 20.8 Å². The maximum Gasteiger partial charge on any atom is 0.0982 e. The fourth-order valence-corrected chi connectivity index (χ4v) is 2.08. The predicted octanol–water partition coefficient (Wildman–Crippen LogP) is 0.883. The lowest BCUT2D eigenvalue weighted by Crippen LogP contribution is -2.35. The van der Waals surface area contributed by atoms with Crippen molar-refractivity contribution < 1.29 is 10.2 Å². The minimum Gasteiger partial charge on any atom is -0.395 e. The van der Waals surface area contributed by atoms with Gasteiger partial charge in [0, 0.05) is 17.3 Å². The van der Waals surface area contributed by atoms with Crippen LogP contribution in [0.1, 0.15) is 31.5 Å². The molecule has 3 N–H and O–H groups in total. The number of rotatable bonds is 5. The second-order valence-electron chi connectivity index (χ2n) is 4.84. The molecule has 0 aliphatic heterocycles. The molecule has 0 aliphatic carbocycles. The summed E-state index contributed by atoms with van der Waals surface area (Å²) in [6, 6.07) is -0.264. The monoisotopic (exact) mass is 244 g/mol. The van der Waals surface area contributed by atoms with Crippen LogP contribution < -0.4 is 5.32 Å². The van der Waals surface area contributed by atoms with Crippen LogP contribution in [0.15, 0.2) is 5.38 Å². The molecule has 0 aromatic carbocycles. The van der Waals surface area contributed by atoms with E-state index < -0.39 is 0 Å². The normalized spacial score (nSPS) is 12.4. The Morgan fingerprint density at radius 3 is 2.44 bits per heavy atom. The van der Waals surface area contributed by atoms with Crippen molar-refractivity contribution in [3.8, 4) is 0 Å². The number of nitrogens with one attached hydrogen (secondary N) is 1. The molecule has 0 amide bonds. The summed E-state index contributed by atoms with van der Waals surface area (Å²) < 4.78 is 0. The van der Waals surface area contributed by atoms with E-state index in [9.17, 15) is 0 Å². The van der Waals surface area contributed by atoms with Crippen molar-refractivity contribution in [3.05, 3.63) is 16.1 Å². The second-order valence-corrected chi connectivity index (χ2v) is 5.70. The van der Waals surface area contributed by atoms with Crippen LogP contribution in [0.2, 0.25) is 0 Å². The highest BCUT2D eigenvalue weighted by molar-refractivity contribution is 7.09. The lowest BCUT2D eigenvalue weighted by molar-refractivity contribution is 0.170. The molecule has 0 saturated carbocycles. The van der Waals surface area contributed by atoms with E-state index in [-0.39, 0.29) is 24.7 Å². The van der Waals surface area contributed by atoms with Crippen LogP contribution in [0.4, 0.5) is 0 Å². The average molecular weight is 244 g/mol. The first-order valence-electron chi connectivity index (χ1n) is 5.37.